The number of hydrogen-bond acceptors (Lipinski definition) is 1. The Labute approximate surface area is 343 Å². The number of hydrogen-bond donors (Lipinski definition) is 0. The van der Waals surface area contributed by atoms with Crippen LogP contribution >= 0.6 is 0 Å². The van der Waals surface area contributed by atoms with Crippen LogP contribution in [0.1, 0.15) is 102 Å². The molecule has 4 aliphatic carbocycles. The Morgan fingerprint density at radius 3 is 2.05 bits per heavy atom. The summed E-state index contributed by atoms with van der Waals surface area (Å²) in [5.74, 6) is 0. The van der Waals surface area contributed by atoms with Crippen molar-refractivity contribution < 1.29 is 0 Å². The summed E-state index contributed by atoms with van der Waals surface area (Å²) in [4.78, 5) is 5.35. The Kier molecular flexibility index (Phi) is 8.86. The summed E-state index contributed by atoms with van der Waals surface area (Å²) in [6, 6.07) is 49.6. The van der Waals surface area contributed by atoms with Crippen molar-refractivity contribution >= 4 is 34.3 Å². The fraction of sp³-hybridized carbons (Fsp3) is 0.175. The Bertz CT molecular complexity index is 2800. The second kappa shape index (κ2) is 14.3. The molecule has 58 heavy (non-hydrogen) atoms. The van der Waals surface area contributed by atoms with Crippen LogP contribution in [0.3, 0.4) is 0 Å². The van der Waals surface area contributed by atoms with Crippen LogP contribution in [0.4, 0.5) is 0 Å². The fourth-order valence-corrected chi connectivity index (χ4v) is 10.7. The fourth-order valence-electron chi connectivity index (χ4n) is 10.7. The summed E-state index contributed by atoms with van der Waals surface area (Å²) in [6.45, 7) is 10.9. The standard InChI is InChI=1S/C57H49N/c1-5-38(6-2)27-34-54(41-18-8-7-9-19-41)58-37-44-20-16-26-53-55(44)47-36-43(42-31-30-40-29-28-39-17-10-11-21-45(39)46(40)35-42)32-33-48(47)57(53)51-24-14-12-22-49(51)56(3,4)50-23-13-15-25-52(50)57/h5-26,28-29,34-37H,1,27,30-33H2,2-4H3/b38-6+,54-34-,58-37?. The van der Waals surface area contributed by atoms with Crippen molar-refractivity contribution in [1.82, 2.24) is 0 Å². The van der Waals surface area contributed by atoms with Gasteiger partial charge in [0.25, 0.3) is 0 Å². The molecule has 10 rings (SSSR count). The molecular weight excluding hydrogens is 699 g/mol. The quantitative estimate of drug-likeness (QED) is 0.114. The molecule has 0 unspecified atom stereocenters. The van der Waals surface area contributed by atoms with E-state index in [-0.39, 0.29) is 5.41 Å². The molecule has 1 heteroatoms. The molecular formula is C57H49N. The van der Waals surface area contributed by atoms with Crippen molar-refractivity contribution in [1.29, 1.82) is 0 Å². The van der Waals surface area contributed by atoms with Crippen LogP contribution in [0.15, 0.2) is 192 Å². The van der Waals surface area contributed by atoms with Crippen molar-refractivity contribution in [2.75, 3.05) is 0 Å². The Morgan fingerprint density at radius 2 is 1.31 bits per heavy atom. The third-order valence-electron chi connectivity index (χ3n) is 13.6. The van der Waals surface area contributed by atoms with Crippen LogP contribution in [0.25, 0.3) is 28.1 Å². The molecule has 1 nitrogen and oxygen atoms in total. The highest BCUT2D eigenvalue weighted by Crippen LogP contribution is 2.64. The van der Waals surface area contributed by atoms with Crippen LogP contribution in [0, 0.1) is 0 Å². The van der Waals surface area contributed by atoms with Gasteiger partial charge in [0.15, 0.2) is 0 Å². The van der Waals surface area contributed by atoms with Gasteiger partial charge in [-0.3, -0.25) is 4.99 Å². The monoisotopic (exact) mass is 747 g/mol. The minimum absolute atomic E-state index is 0.133. The minimum atomic E-state index is -0.397. The summed E-state index contributed by atoms with van der Waals surface area (Å²) in [5, 5.41) is 2.66. The zero-order valence-corrected chi connectivity index (χ0v) is 33.9. The van der Waals surface area contributed by atoms with E-state index in [0.717, 1.165) is 48.9 Å². The summed E-state index contributed by atoms with van der Waals surface area (Å²) < 4.78 is 0. The largest absolute Gasteiger partial charge is 0.256 e. The van der Waals surface area contributed by atoms with Gasteiger partial charge in [0.2, 0.25) is 0 Å². The molecule has 6 aromatic rings. The minimum Gasteiger partial charge on any atom is -0.256 e. The lowest BCUT2D eigenvalue weighted by atomic mass is 9.54. The average molecular weight is 748 g/mol. The van der Waals surface area contributed by atoms with Crippen LogP contribution in [-0.2, 0) is 17.3 Å². The molecule has 4 aliphatic rings. The second-order valence-corrected chi connectivity index (χ2v) is 16.8. The molecule has 0 saturated carbocycles. The number of aliphatic imine (C=N–C) groups is 1. The van der Waals surface area contributed by atoms with Crippen LogP contribution in [0.5, 0.6) is 0 Å². The Balaban J connectivity index is 1.21. The van der Waals surface area contributed by atoms with Crippen molar-refractivity contribution in [2.45, 2.75) is 63.7 Å². The number of nitrogens with zero attached hydrogens (tertiary/aromatic N) is 1. The van der Waals surface area contributed by atoms with Gasteiger partial charge >= 0.3 is 0 Å². The van der Waals surface area contributed by atoms with E-state index in [4.69, 9.17) is 4.99 Å². The third-order valence-corrected chi connectivity index (χ3v) is 13.6. The van der Waals surface area contributed by atoms with Gasteiger partial charge in [0, 0.05) is 17.2 Å². The topological polar surface area (TPSA) is 12.4 Å². The Morgan fingerprint density at radius 1 is 0.655 bits per heavy atom. The lowest BCUT2D eigenvalue weighted by Crippen LogP contribution is -2.41. The molecule has 0 bridgehead atoms. The molecule has 0 radical (unpaired) electrons. The summed E-state index contributed by atoms with van der Waals surface area (Å²) >= 11 is 0. The van der Waals surface area contributed by atoms with Gasteiger partial charge in [0.05, 0.1) is 11.1 Å². The van der Waals surface area contributed by atoms with Gasteiger partial charge in [-0.2, -0.15) is 0 Å². The van der Waals surface area contributed by atoms with Crippen molar-refractivity contribution in [3.8, 4) is 0 Å². The third kappa shape index (κ3) is 5.55. The molecule has 6 aromatic carbocycles. The number of allylic oxidation sites excluding steroid dienone is 9. The number of aryl methyl sites for hydroxylation is 1. The zero-order chi connectivity index (χ0) is 39.4. The van der Waals surface area contributed by atoms with E-state index in [2.05, 4.69) is 191 Å². The molecule has 282 valence electrons. The first-order chi connectivity index (χ1) is 28.4. The van der Waals surface area contributed by atoms with Gasteiger partial charge in [0.1, 0.15) is 0 Å². The predicted octanol–water partition coefficient (Wildman–Crippen LogP) is 14.3. The second-order valence-electron chi connectivity index (χ2n) is 16.8. The Hall–Kier alpha value is -6.31. The van der Waals surface area contributed by atoms with E-state index in [1.165, 1.54) is 83.1 Å². The molecule has 0 fully saturated rings. The van der Waals surface area contributed by atoms with Gasteiger partial charge in [-0.25, -0.2) is 0 Å². The van der Waals surface area contributed by atoms with E-state index in [1.807, 2.05) is 6.08 Å². The first-order valence-electron chi connectivity index (χ1n) is 21.0. The van der Waals surface area contributed by atoms with Crippen molar-refractivity contribution in [3.05, 3.63) is 242 Å². The average Bonchev–Trinajstić information content (AvgIpc) is 3.58. The van der Waals surface area contributed by atoms with E-state index in [0.29, 0.717) is 0 Å². The van der Waals surface area contributed by atoms with Gasteiger partial charge in [-0.05, 0) is 128 Å². The number of fused-ring (bicyclic) bond motifs is 11. The van der Waals surface area contributed by atoms with Gasteiger partial charge in [-0.15, -0.1) is 0 Å². The van der Waals surface area contributed by atoms with Crippen molar-refractivity contribution in [2.24, 2.45) is 4.99 Å². The van der Waals surface area contributed by atoms with Gasteiger partial charge < -0.3 is 0 Å². The maximum absolute atomic E-state index is 5.35. The molecule has 0 amide bonds. The predicted molar refractivity (Wildman–Crippen MR) is 246 cm³/mol. The van der Waals surface area contributed by atoms with Crippen molar-refractivity contribution in [3.63, 3.8) is 0 Å². The number of benzene rings is 6. The van der Waals surface area contributed by atoms with E-state index in [1.54, 1.807) is 0 Å². The van der Waals surface area contributed by atoms with E-state index >= 15 is 0 Å². The summed E-state index contributed by atoms with van der Waals surface area (Å²) in [5.41, 5.74) is 20.9. The smallest absolute Gasteiger partial charge is 0.0682 e. The summed E-state index contributed by atoms with van der Waals surface area (Å²) in [7, 11) is 0. The molecule has 0 aromatic heterocycles. The first-order valence-corrected chi connectivity index (χ1v) is 21.0. The zero-order valence-electron chi connectivity index (χ0n) is 33.9. The van der Waals surface area contributed by atoms with Crippen LogP contribution in [-0.4, -0.2) is 6.21 Å². The highest BCUT2D eigenvalue weighted by Gasteiger charge is 2.54. The molecule has 0 atom stereocenters. The highest BCUT2D eigenvalue weighted by atomic mass is 14.7. The molecule has 0 saturated heterocycles. The first kappa shape index (κ1) is 36.1. The van der Waals surface area contributed by atoms with E-state index in [9.17, 15) is 0 Å². The van der Waals surface area contributed by atoms with E-state index < -0.39 is 5.41 Å². The lowest BCUT2D eigenvalue weighted by Gasteiger charge is -2.48. The lowest BCUT2D eigenvalue weighted by molar-refractivity contribution is 0.549. The van der Waals surface area contributed by atoms with Gasteiger partial charge in [-0.1, -0.05) is 184 Å². The SMILES string of the molecule is C=C/C(=C\C)C/C=C(\N=Cc1cccc2c1C1=C(CCC(C3=Cc4c(ccc5ccccc45)CC3)=C1)C21c2ccccc2C(C)(C)c2ccccc21)c1ccccc1. The molecule has 0 heterocycles. The normalized spacial score (nSPS) is 17.6. The summed E-state index contributed by atoms with van der Waals surface area (Å²) in [6.07, 6.45) is 18.5. The molecule has 0 aliphatic heterocycles. The van der Waals surface area contributed by atoms with Crippen LogP contribution in [0.2, 0.25) is 0 Å². The molecule has 0 N–H and O–H groups in total. The maximum Gasteiger partial charge on any atom is 0.0682 e. The molecule has 1 spiro atoms. The highest BCUT2D eigenvalue weighted by molar-refractivity contribution is 6.01. The maximum atomic E-state index is 5.35. The number of rotatable bonds is 7. The van der Waals surface area contributed by atoms with Crippen LogP contribution < -0.4 is 0 Å².